The third-order valence-corrected chi connectivity index (χ3v) is 1.34. The molecule has 1 amide bonds. The van der Waals surface area contributed by atoms with Crippen LogP contribution in [-0.2, 0) is 0 Å². The van der Waals surface area contributed by atoms with Crippen LogP contribution in [0.15, 0.2) is 35.4 Å². The molecule has 0 saturated heterocycles. The molecule has 1 rings (SSSR count). The molecule has 0 bridgehead atoms. The average molecular weight is 172 g/mol. The van der Waals surface area contributed by atoms with Gasteiger partial charge in [-0.15, -0.1) is 6.42 Å². The molecule has 0 atom stereocenters. The van der Waals surface area contributed by atoms with Crippen molar-refractivity contribution in [1.82, 2.24) is 5.43 Å². The van der Waals surface area contributed by atoms with Gasteiger partial charge in [0.2, 0.25) is 0 Å². The number of carbonyl (C=O) groups is 1. The van der Waals surface area contributed by atoms with E-state index < -0.39 is 0 Å². The van der Waals surface area contributed by atoms with Gasteiger partial charge in [-0.1, -0.05) is 24.1 Å². The largest absolute Gasteiger partial charge is 0.271 e. The molecule has 1 N–H and O–H groups in total. The minimum absolute atomic E-state index is 0.271. The average Bonchev–Trinajstić information content (AvgIpc) is 2.19. The number of hydrogen-bond acceptors (Lipinski definition) is 2. The lowest BCUT2D eigenvalue weighted by Gasteiger charge is -1.96. The maximum atomic E-state index is 11.2. The van der Waals surface area contributed by atoms with E-state index in [1.54, 1.807) is 24.3 Å². The molecule has 1 aromatic carbocycles. The molecule has 64 valence electrons. The Morgan fingerprint density at radius 3 is 2.77 bits per heavy atom. The third kappa shape index (κ3) is 2.80. The fraction of sp³-hybridized carbons (Fsp3) is 0. The Morgan fingerprint density at radius 1 is 1.46 bits per heavy atom. The summed E-state index contributed by atoms with van der Waals surface area (Å²) >= 11 is 0. The van der Waals surface area contributed by atoms with Gasteiger partial charge in [0.25, 0.3) is 5.91 Å². The fourth-order valence-corrected chi connectivity index (χ4v) is 0.782. The van der Waals surface area contributed by atoms with Crippen LogP contribution in [0.5, 0.6) is 0 Å². The SMILES string of the molecule is C#C/C=N/NC(=O)c1ccccc1. The number of terminal acetylenes is 1. The Bertz CT molecular complexity index is 349. The van der Waals surface area contributed by atoms with Gasteiger partial charge in [0, 0.05) is 5.56 Å². The summed E-state index contributed by atoms with van der Waals surface area (Å²) < 4.78 is 0. The normalized spacial score (nSPS) is 9.46. The summed E-state index contributed by atoms with van der Waals surface area (Å²) in [5, 5.41) is 3.51. The van der Waals surface area contributed by atoms with Crippen molar-refractivity contribution in [3.05, 3.63) is 35.9 Å². The van der Waals surface area contributed by atoms with Crippen molar-refractivity contribution in [3.63, 3.8) is 0 Å². The van der Waals surface area contributed by atoms with Crippen LogP contribution < -0.4 is 5.43 Å². The molecule has 0 fully saturated rings. The molecule has 0 unspecified atom stereocenters. The molecule has 0 aromatic heterocycles. The third-order valence-electron chi connectivity index (χ3n) is 1.34. The minimum Gasteiger partial charge on any atom is -0.267 e. The van der Waals surface area contributed by atoms with Crippen LogP contribution in [0.3, 0.4) is 0 Å². The van der Waals surface area contributed by atoms with Crippen molar-refractivity contribution in [2.24, 2.45) is 5.10 Å². The smallest absolute Gasteiger partial charge is 0.267 e. The topological polar surface area (TPSA) is 41.5 Å². The number of nitrogens with zero attached hydrogens (tertiary/aromatic N) is 1. The maximum absolute atomic E-state index is 11.2. The molecular weight excluding hydrogens is 164 g/mol. The van der Waals surface area contributed by atoms with E-state index >= 15 is 0 Å². The summed E-state index contributed by atoms with van der Waals surface area (Å²) in [6.45, 7) is 0. The number of benzene rings is 1. The lowest BCUT2D eigenvalue weighted by atomic mass is 10.2. The van der Waals surface area contributed by atoms with E-state index in [1.807, 2.05) is 6.07 Å². The predicted octanol–water partition coefficient (Wildman–Crippen LogP) is 1.04. The maximum Gasteiger partial charge on any atom is 0.271 e. The number of carbonyl (C=O) groups excluding carboxylic acids is 1. The second-order valence-electron chi connectivity index (χ2n) is 2.23. The van der Waals surface area contributed by atoms with Crippen LogP contribution in [0.2, 0.25) is 0 Å². The second kappa shape index (κ2) is 4.73. The summed E-state index contributed by atoms with van der Waals surface area (Å²) in [5.41, 5.74) is 2.84. The van der Waals surface area contributed by atoms with E-state index in [1.165, 1.54) is 6.21 Å². The number of rotatable bonds is 2. The van der Waals surface area contributed by atoms with Gasteiger partial charge in [0.05, 0.1) is 6.21 Å². The van der Waals surface area contributed by atoms with Crippen molar-refractivity contribution < 1.29 is 4.79 Å². The van der Waals surface area contributed by atoms with Crippen LogP contribution in [0, 0.1) is 12.3 Å². The van der Waals surface area contributed by atoms with Gasteiger partial charge in [0.15, 0.2) is 0 Å². The van der Waals surface area contributed by atoms with E-state index in [4.69, 9.17) is 6.42 Å². The minimum atomic E-state index is -0.271. The fourth-order valence-electron chi connectivity index (χ4n) is 0.782. The van der Waals surface area contributed by atoms with Crippen molar-refractivity contribution in [2.75, 3.05) is 0 Å². The quantitative estimate of drug-likeness (QED) is 0.404. The zero-order valence-electron chi connectivity index (χ0n) is 6.90. The Hall–Kier alpha value is -2.08. The number of amides is 1. The lowest BCUT2D eigenvalue weighted by molar-refractivity contribution is 0.0955. The summed E-state index contributed by atoms with van der Waals surface area (Å²) in [7, 11) is 0. The molecule has 13 heavy (non-hydrogen) atoms. The van der Waals surface area contributed by atoms with Gasteiger partial charge in [-0.05, 0) is 12.1 Å². The van der Waals surface area contributed by atoms with Gasteiger partial charge in [-0.3, -0.25) is 4.79 Å². The highest BCUT2D eigenvalue weighted by Crippen LogP contribution is 1.96. The first kappa shape index (κ1) is 9.01. The van der Waals surface area contributed by atoms with Crippen molar-refractivity contribution in [2.45, 2.75) is 0 Å². The van der Waals surface area contributed by atoms with Crippen LogP contribution in [0.1, 0.15) is 10.4 Å². The highest BCUT2D eigenvalue weighted by molar-refractivity contribution is 5.94. The standard InChI is InChI=1S/C10H8N2O/c1-2-8-11-12-10(13)9-6-4-3-5-7-9/h1,3-8H,(H,12,13)/b11-8+. The molecule has 1 aromatic rings. The monoisotopic (exact) mass is 172 g/mol. The molecule has 3 nitrogen and oxygen atoms in total. The van der Waals surface area contributed by atoms with E-state index in [0.29, 0.717) is 5.56 Å². The molecule has 0 heterocycles. The van der Waals surface area contributed by atoms with E-state index in [0.717, 1.165) is 0 Å². The van der Waals surface area contributed by atoms with Crippen molar-refractivity contribution in [3.8, 4) is 12.3 Å². The number of nitrogens with one attached hydrogen (secondary N) is 1. The molecule has 0 radical (unpaired) electrons. The number of hydrogen-bond donors (Lipinski definition) is 1. The first-order valence-electron chi connectivity index (χ1n) is 3.67. The van der Waals surface area contributed by atoms with Crippen LogP contribution in [0.25, 0.3) is 0 Å². The highest BCUT2D eigenvalue weighted by Gasteiger charge is 2.00. The van der Waals surface area contributed by atoms with Gasteiger partial charge < -0.3 is 0 Å². The molecule has 0 aliphatic rings. The van der Waals surface area contributed by atoms with E-state index in [-0.39, 0.29) is 5.91 Å². The molecule has 3 heteroatoms. The summed E-state index contributed by atoms with van der Waals surface area (Å²) in [4.78, 5) is 11.2. The molecule has 0 aliphatic carbocycles. The Labute approximate surface area is 76.5 Å². The Morgan fingerprint density at radius 2 is 2.15 bits per heavy atom. The van der Waals surface area contributed by atoms with Crippen LogP contribution in [0.4, 0.5) is 0 Å². The second-order valence-corrected chi connectivity index (χ2v) is 2.23. The lowest BCUT2D eigenvalue weighted by Crippen LogP contribution is -2.16. The Balaban J connectivity index is 2.61. The molecular formula is C10H8N2O. The van der Waals surface area contributed by atoms with Crippen molar-refractivity contribution >= 4 is 12.1 Å². The zero-order valence-corrected chi connectivity index (χ0v) is 6.90. The summed E-state index contributed by atoms with van der Waals surface area (Å²) in [5.74, 6) is 1.90. The first-order chi connectivity index (χ1) is 6.34. The van der Waals surface area contributed by atoms with Crippen molar-refractivity contribution in [1.29, 1.82) is 0 Å². The first-order valence-corrected chi connectivity index (χ1v) is 3.67. The van der Waals surface area contributed by atoms with Gasteiger partial charge in [0.1, 0.15) is 0 Å². The number of hydrazone groups is 1. The summed E-state index contributed by atoms with van der Waals surface area (Å²) in [6, 6.07) is 8.78. The molecule has 0 aliphatic heterocycles. The summed E-state index contributed by atoms with van der Waals surface area (Å²) in [6.07, 6.45) is 6.08. The predicted molar refractivity (Wildman–Crippen MR) is 51.2 cm³/mol. The van der Waals surface area contributed by atoms with Crippen LogP contribution in [-0.4, -0.2) is 12.1 Å². The van der Waals surface area contributed by atoms with E-state index in [9.17, 15) is 4.79 Å². The Kier molecular flexibility index (Phi) is 3.28. The van der Waals surface area contributed by atoms with Gasteiger partial charge in [-0.2, -0.15) is 5.10 Å². The zero-order chi connectivity index (χ0) is 9.52. The van der Waals surface area contributed by atoms with Gasteiger partial charge in [-0.25, -0.2) is 5.43 Å². The van der Waals surface area contributed by atoms with Gasteiger partial charge >= 0.3 is 0 Å². The molecule has 0 spiro atoms. The van der Waals surface area contributed by atoms with Crippen LogP contribution >= 0.6 is 0 Å². The highest BCUT2D eigenvalue weighted by atomic mass is 16.2. The molecule has 0 saturated carbocycles. The van der Waals surface area contributed by atoms with E-state index in [2.05, 4.69) is 16.4 Å².